The first kappa shape index (κ1) is 19.7. The van der Waals surface area contributed by atoms with Gasteiger partial charge in [-0.1, -0.05) is 12.1 Å². The third-order valence-corrected chi connectivity index (χ3v) is 6.17. The van der Waals surface area contributed by atoms with Crippen LogP contribution in [0.25, 0.3) is 0 Å². The Morgan fingerprint density at radius 3 is 2.45 bits per heavy atom. The van der Waals surface area contributed by atoms with Gasteiger partial charge in [0, 0.05) is 32.2 Å². The summed E-state index contributed by atoms with van der Waals surface area (Å²) in [6.45, 7) is 3.12. The first-order chi connectivity index (χ1) is 14.0. The van der Waals surface area contributed by atoms with E-state index in [1.165, 1.54) is 12.1 Å². The van der Waals surface area contributed by atoms with Crippen molar-refractivity contribution in [2.75, 3.05) is 39.3 Å². The number of cyclic esters (lactones) is 1. The van der Waals surface area contributed by atoms with E-state index in [4.69, 9.17) is 4.74 Å². The molecule has 3 aliphatic heterocycles. The fourth-order valence-electron chi connectivity index (χ4n) is 4.56. The van der Waals surface area contributed by atoms with E-state index in [1.807, 2.05) is 4.90 Å². The Morgan fingerprint density at radius 2 is 1.76 bits per heavy atom. The molecule has 8 heteroatoms. The van der Waals surface area contributed by atoms with Crippen LogP contribution in [-0.4, -0.2) is 78.0 Å². The van der Waals surface area contributed by atoms with Crippen LogP contribution in [0.4, 0.5) is 9.18 Å². The van der Waals surface area contributed by atoms with Crippen LogP contribution in [0.1, 0.15) is 36.0 Å². The number of ether oxygens (including phenoxy) is 1. The molecule has 4 rings (SSSR count). The maximum Gasteiger partial charge on any atom is 0.410 e. The minimum Gasteiger partial charge on any atom is -0.448 e. The van der Waals surface area contributed by atoms with E-state index in [2.05, 4.69) is 0 Å². The van der Waals surface area contributed by atoms with Gasteiger partial charge in [-0.3, -0.25) is 9.59 Å². The highest BCUT2D eigenvalue weighted by molar-refractivity contribution is 5.95. The zero-order valence-electron chi connectivity index (χ0n) is 16.4. The molecule has 1 unspecified atom stereocenters. The zero-order valence-corrected chi connectivity index (χ0v) is 16.4. The fourth-order valence-corrected chi connectivity index (χ4v) is 4.56. The van der Waals surface area contributed by atoms with Crippen LogP contribution in [0.15, 0.2) is 24.3 Å². The van der Waals surface area contributed by atoms with Gasteiger partial charge in [0.1, 0.15) is 12.4 Å². The van der Waals surface area contributed by atoms with Crippen LogP contribution in [0.5, 0.6) is 0 Å². The lowest BCUT2D eigenvalue weighted by Gasteiger charge is -2.39. The van der Waals surface area contributed by atoms with E-state index in [-0.39, 0.29) is 35.4 Å². The van der Waals surface area contributed by atoms with Crippen molar-refractivity contribution < 1.29 is 23.5 Å². The summed E-state index contributed by atoms with van der Waals surface area (Å²) in [7, 11) is 0. The molecule has 1 aromatic rings. The van der Waals surface area contributed by atoms with Crippen molar-refractivity contribution in [3.8, 4) is 0 Å². The minimum atomic E-state index is -0.534. The molecule has 0 saturated carbocycles. The summed E-state index contributed by atoms with van der Waals surface area (Å²) in [5.41, 5.74) is 0.0545. The summed E-state index contributed by atoms with van der Waals surface area (Å²) in [5.74, 6) is -1.09. The molecule has 3 heterocycles. The van der Waals surface area contributed by atoms with Crippen molar-refractivity contribution in [3.63, 3.8) is 0 Å². The molecular formula is C21H26FN3O4. The Bertz CT molecular complexity index is 794. The van der Waals surface area contributed by atoms with Crippen molar-refractivity contribution in [3.05, 3.63) is 35.6 Å². The van der Waals surface area contributed by atoms with Gasteiger partial charge in [0.2, 0.25) is 5.91 Å². The van der Waals surface area contributed by atoms with Crippen molar-refractivity contribution in [2.45, 2.75) is 31.7 Å². The lowest BCUT2D eigenvalue weighted by Crippen LogP contribution is -2.51. The van der Waals surface area contributed by atoms with Gasteiger partial charge in [-0.25, -0.2) is 9.18 Å². The van der Waals surface area contributed by atoms with E-state index < -0.39 is 5.82 Å². The molecule has 3 fully saturated rings. The summed E-state index contributed by atoms with van der Waals surface area (Å²) >= 11 is 0. The predicted molar refractivity (Wildman–Crippen MR) is 103 cm³/mol. The van der Waals surface area contributed by atoms with Crippen LogP contribution < -0.4 is 0 Å². The number of piperidine rings is 2. The topological polar surface area (TPSA) is 70.2 Å². The lowest BCUT2D eigenvalue weighted by molar-refractivity contribution is -0.138. The van der Waals surface area contributed by atoms with Gasteiger partial charge in [0.25, 0.3) is 5.91 Å². The van der Waals surface area contributed by atoms with Gasteiger partial charge < -0.3 is 19.4 Å². The monoisotopic (exact) mass is 403 g/mol. The number of amides is 3. The molecule has 1 atom stereocenters. The molecule has 0 bridgehead atoms. The zero-order chi connectivity index (χ0) is 20.4. The van der Waals surface area contributed by atoms with Gasteiger partial charge in [0.05, 0.1) is 18.0 Å². The second kappa shape index (κ2) is 8.39. The second-order valence-corrected chi connectivity index (χ2v) is 7.93. The molecule has 0 spiro atoms. The van der Waals surface area contributed by atoms with Crippen molar-refractivity contribution in [1.29, 1.82) is 0 Å². The highest BCUT2D eigenvalue weighted by atomic mass is 19.1. The third kappa shape index (κ3) is 4.06. The van der Waals surface area contributed by atoms with Crippen molar-refractivity contribution >= 4 is 17.9 Å². The Hall–Kier alpha value is -2.64. The van der Waals surface area contributed by atoms with Crippen molar-refractivity contribution in [1.82, 2.24) is 14.7 Å². The van der Waals surface area contributed by atoms with Crippen LogP contribution in [0.2, 0.25) is 0 Å². The maximum absolute atomic E-state index is 14.0. The number of likely N-dealkylation sites (tertiary alicyclic amines) is 2. The van der Waals surface area contributed by atoms with E-state index in [1.54, 1.807) is 21.9 Å². The van der Waals surface area contributed by atoms with Crippen LogP contribution in [0, 0.1) is 11.7 Å². The molecule has 0 N–H and O–H groups in total. The van der Waals surface area contributed by atoms with Crippen molar-refractivity contribution in [2.24, 2.45) is 5.92 Å². The number of benzene rings is 1. The summed E-state index contributed by atoms with van der Waals surface area (Å²) < 4.78 is 19.0. The maximum atomic E-state index is 14.0. The smallest absolute Gasteiger partial charge is 0.410 e. The van der Waals surface area contributed by atoms with Gasteiger partial charge in [-0.2, -0.15) is 0 Å². The van der Waals surface area contributed by atoms with E-state index in [9.17, 15) is 18.8 Å². The highest BCUT2D eigenvalue weighted by Crippen LogP contribution is 2.25. The second-order valence-electron chi connectivity index (χ2n) is 7.93. The Balaban J connectivity index is 1.34. The largest absolute Gasteiger partial charge is 0.448 e. The van der Waals surface area contributed by atoms with E-state index in [0.29, 0.717) is 39.3 Å². The number of hydrogen-bond acceptors (Lipinski definition) is 4. The first-order valence-electron chi connectivity index (χ1n) is 10.3. The quantitative estimate of drug-likeness (QED) is 0.775. The minimum absolute atomic E-state index is 0.0542. The molecule has 0 aliphatic carbocycles. The first-order valence-corrected chi connectivity index (χ1v) is 10.3. The normalized spacial score (nSPS) is 23.3. The average Bonchev–Trinajstić information content (AvgIpc) is 3.19. The molecular weight excluding hydrogens is 377 g/mol. The number of carbonyl (C=O) groups is 3. The Morgan fingerprint density at radius 1 is 1.00 bits per heavy atom. The standard InChI is InChI=1S/C21H26FN3O4/c22-18-6-2-1-5-17(18)20(27)24-9-3-4-15(14-24)19(26)23-10-7-16(8-11-23)25-12-13-29-21(25)28/h1-2,5-6,15-16H,3-4,7-14H2. The molecule has 3 amide bonds. The number of carbonyl (C=O) groups excluding carboxylic acids is 3. The van der Waals surface area contributed by atoms with Crippen LogP contribution in [-0.2, 0) is 9.53 Å². The number of nitrogens with zero attached hydrogens (tertiary/aromatic N) is 3. The number of rotatable bonds is 3. The van der Waals surface area contributed by atoms with Gasteiger partial charge >= 0.3 is 6.09 Å². The number of halogens is 1. The summed E-state index contributed by atoms with van der Waals surface area (Å²) in [5, 5.41) is 0. The van der Waals surface area contributed by atoms with Gasteiger partial charge in [-0.05, 0) is 37.8 Å². The Kier molecular flexibility index (Phi) is 5.69. The summed E-state index contributed by atoms with van der Waals surface area (Å²) in [6.07, 6.45) is 2.69. The molecule has 0 aromatic heterocycles. The third-order valence-electron chi connectivity index (χ3n) is 6.17. The van der Waals surface area contributed by atoms with Crippen LogP contribution in [0.3, 0.4) is 0 Å². The molecule has 29 heavy (non-hydrogen) atoms. The molecule has 3 aliphatic rings. The van der Waals surface area contributed by atoms with Gasteiger partial charge in [-0.15, -0.1) is 0 Å². The van der Waals surface area contributed by atoms with E-state index >= 15 is 0 Å². The van der Waals surface area contributed by atoms with Gasteiger partial charge in [0.15, 0.2) is 0 Å². The number of hydrogen-bond donors (Lipinski definition) is 0. The summed E-state index contributed by atoms with van der Waals surface area (Å²) in [6, 6.07) is 6.08. The van der Waals surface area contributed by atoms with E-state index in [0.717, 1.165) is 25.7 Å². The molecule has 156 valence electrons. The van der Waals surface area contributed by atoms with Crippen LogP contribution >= 0.6 is 0 Å². The average molecular weight is 403 g/mol. The predicted octanol–water partition coefficient (Wildman–Crippen LogP) is 2.12. The fraction of sp³-hybridized carbons (Fsp3) is 0.571. The SMILES string of the molecule is O=C(c1ccccc1F)N1CCCC(C(=O)N2CCC(N3CCOC3=O)CC2)C1. The lowest BCUT2D eigenvalue weighted by atomic mass is 9.94. The molecule has 7 nitrogen and oxygen atoms in total. The summed E-state index contributed by atoms with van der Waals surface area (Å²) in [4.78, 5) is 42.7. The molecule has 3 saturated heterocycles. The Labute approximate surface area is 169 Å². The molecule has 0 radical (unpaired) electrons. The molecule has 1 aromatic carbocycles. The highest BCUT2D eigenvalue weighted by Gasteiger charge is 2.36.